The Balaban J connectivity index is 1.53. The van der Waals surface area contributed by atoms with E-state index in [0.717, 1.165) is 55.6 Å². The van der Waals surface area contributed by atoms with Crippen molar-refractivity contribution in [1.82, 2.24) is 29.9 Å². The predicted molar refractivity (Wildman–Crippen MR) is 117 cm³/mol. The first-order valence-electron chi connectivity index (χ1n) is 9.24. The Hall–Kier alpha value is -3.71. The minimum atomic E-state index is 0.901. The lowest BCUT2D eigenvalue weighted by atomic mass is 10.1. The Bertz CT molecular complexity index is 1470. The Kier molecular flexibility index (Phi) is 3.45. The van der Waals surface area contributed by atoms with Crippen molar-refractivity contribution >= 4 is 33.1 Å². The summed E-state index contributed by atoms with van der Waals surface area (Å²) in [5.41, 5.74) is 8.25. The zero-order valence-corrected chi connectivity index (χ0v) is 16.4. The van der Waals surface area contributed by atoms with Crippen LogP contribution < -0.4 is 0 Å². The molecule has 0 aliphatic heterocycles. The fraction of sp³-hybridized carbons (Fsp3) is 0.0455. The molecule has 29 heavy (non-hydrogen) atoms. The van der Waals surface area contributed by atoms with Crippen LogP contribution in [0.15, 0.2) is 65.7 Å². The molecule has 0 saturated heterocycles. The summed E-state index contributed by atoms with van der Waals surface area (Å²) in [6.07, 6.45) is 5.74. The van der Waals surface area contributed by atoms with Gasteiger partial charge in [-0.05, 0) is 41.3 Å². The van der Waals surface area contributed by atoms with Crippen molar-refractivity contribution in [3.05, 3.63) is 65.7 Å². The third-order valence-electron chi connectivity index (χ3n) is 5.20. The van der Waals surface area contributed by atoms with Crippen LogP contribution in [0.2, 0.25) is 0 Å². The van der Waals surface area contributed by atoms with E-state index in [2.05, 4.69) is 66.4 Å². The highest BCUT2D eigenvalue weighted by molar-refractivity contribution is 7.08. The van der Waals surface area contributed by atoms with E-state index in [1.807, 2.05) is 36.4 Å². The number of aromatic amines is 2. The molecule has 1 aromatic carbocycles. The molecular weight excluding hydrogens is 380 g/mol. The molecule has 0 atom stereocenters. The van der Waals surface area contributed by atoms with Gasteiger partial charge in [-0.25, -0.2) is 0 Å². The van der Waals surface area contributed by atoms with Gasteiger partial charge in [0.05, 0.1) is 23.1 Å². The number of hydrogen-bond donors (Lipinski definition) is 2. The van der Waals surface area contributed by atoms with Gasteiger partial charge < -0.3 is 4.98 Å². The molecule has 0 amide bonds. The van der Waals surface area contributed by atoms with Gasteiger partial charge in [0.1, 0.15) is 5.69 Å². The maximum Gasteiger partial charge on any atom is 0.116 e. The van der Waals surface area contributed by atoms with Crippen molar-refractivity contribution in [2.75, 3.05) is 0 Å². The van der Waals surface area contributed by atoms with Crippen molar-refractivity contribution in [3.63, 3.8) is 0 Å². The van der Waals surface area contributed by atoms with Gasteiger partial charge in [0, 0.05) is 52.2 Å². The van der Waals surface area contributed by atoms with E-state index in [4.69, 9.17) is 0 Å². The van der Waals surface area contributed by atoms with Crippen molar-refractivity contribution in [2.24, 2.45) is 7.05 Å². The number of H-pyrrole nitrogens is 2. The molecule has 5 aromatic heterocycles. The first-order valence-corrected chi connectivity index (χ1v) is 10.2. The molecule has 0 bridgehead atoms. The normalized spacial score (nSPS) is 11.6. The van der Waals surface area contributed by atoms with Crippen molar-refractivity contribution in [2.45, 2.75) is 0 Å². The van der Waals surface area contributed by atoms with E-state index in [1.165, 1.54) is 0 Å². The molecule has 0 fully saturated rings. The van der Waals surface area contributed by atoms with Gasteiger partial charge in [0.2, 0.25) is 0 Å². The van der Waals surface area contributed by atoms with E-state index in [0.29, 0.717) is 0 Å². The van der Waals surface area contributed by atoms with Gasteiger partial charge in [0.15, 0.2) is 0 Å². The topological polar surface area (TPSA) is 75.2 Å². The summed E-state index contributed by atoms with van der Waals surface area (Å²) in [5, 5.41) is 18.4. The van der Waals surface area contributed by atoms with Crippen LogP contribution in [0, 0.1) is 0 Å². The molecule has 6 rings (SSSR count). The Morgan fingerprint density at radius 1 is 0.931 bits per heavy atom. The SMILES string of the molecule is Cn1cc(-c2ccc3[nH]nc(-c4cc5c(-c6ccsc6)nccc5[nH]4)c3c2)cn1. The fourth-order valence-electron chi connectivity index (χ4n) is 3.78. The largest absolute Gasteiger partial charge is 0.353 e. The standard InChI is InChI=1S/C22H16N6S/c1-28-11-15(10-24-28)13-2-3-19-16(8-13)22(27-26-19)20-9-17-18(25-20)4-6-23-21(17)14-5-7-29-12-14/h2-12,25H,1H3,(H,26,27). The number of pyridine rings is 1. The zero-order chi connectivity index (χ0) is 19.4. The van der Waals surface area contributed by atoms with Crippen molar-refractivity contribution in [1.29, 1.82) is 0 Å². The fourth-order valence-corrected chi connectivity index (χ4v) is 4.42. The monoisotopic (exact) mass is 396 g/mol. The van der Waals surface area contributed by atoms with Crippen LogP contribution in [0.3, 0.4) is 0 Å². The number of hydrogen-bond acceptors (Lipinski definition) is 4. The summed E-state index contributed by atoms with van der Waals surface area (Å²) in [4.78, 5) is 8.13. The molecule has 0 unspecified atom stereocenters. The van der Waals surface area contributed by atoms with Crippen LogP contribution in [0.25, 0.3) is 55.6 Å². The number of fused-ring (bicyclic) bond motifs is 2. The molecule has 5 heterocycles. The van der Waals surface area contributed by atoms with Crippen LogP contribution in [0.5, 0.6) is 0 Å². The quantitative estimate of drug-likeness (QED) is 0.430. The summed E-state index contributed by atoms with van der Waals surface area (Å²) in [7, 11) is 1.93. The van der Waals surface area contributed by atoms with Gasteiger partial charge >= 0.3 is 0 Å². The van der Waals surface area contributed by atoms with Crippen LogP contribution >= 0.6 is 11.3 Å². The van der Waals surface area contributed by atoms with E-state index < -0.39 is 0 Å². The minimum Gasteiger partial charge on any atom is -0.353 e. The molecule has 2 N–H and O–H groups in total. The highest BCUT2D eigenvalue weighted by Crippen LogP contribution is 2.34. The average molecular weight is 396 g/mol. The minimum absolute atomic E-state index is 0.901. The van der Waals surface area contributed by atoms with Gasteiger partial charge in [-0.15, -0.1) is 0 Å². The molecule has 0 saturated carbocycles. The van der Waals surface area contributed by atoms with E-state index in [9.17, 15) is 0 Å². The van der Waals surface area contributed by atoms with E-state index in [-0.39, 0.29) is 0 Å². The molecule has 7 heteroatoms. The molecule has 6 aromatic rings. The van der Waals surface area contributed by atoms with Gasteiger partial charge in [0.25, 0.3) is 0 Å². The molecule has 0 aliphatic rings. The molecular formula is C22H16N6S. The summed E-state index contributed by atoms with van der Waals surface area (Å²) in [6, 6.07) is 12.6. The number of benzene rings is 1. The van der Waals surface area contributed by atoms with Crippen molar-refractivity contribution in [3.8, 4) is 33.8 Å². The van der Waals surface area contributed by atoms with E-state index >= 15 is 0 Å². The zero-order valence-electron chi connectivity index (χ0n) is 15.5. The second-order valence-corrected chi connectivity index (χ2v) is 7.83. The first kappa shape index (κ1) is 16.3. The lowest BCUT2D eigenvalue weighted by Gasteiger charge is -1.99. The number of aromatic nitrogens is 6. The predicted octanol–water partition coefficient (Wildman–Crippen LogP) is 5.24. The molecule has 0 spiro atoms. The Morgan fingerprint density at radius 2 is 1.86 bits per heavy atom. The number of nitrogens with zero attached hydrogens (tertiary/aromatic N) is 4. The summed E-state index contributed by atoms with van der Waals surface area (Å²) in [6.45, 7) is 0. The Labute approximate surface area is 169 Å². The Morgan fingerprint density at radius 3 is 2.69 bits per heavy atom. The lowest BCUT2D eigenvalue weighted by Crippen LogP contribution is -1.84. The van der Waals surface area contributed by atoms with Gasteiger partial charge in [-0.2, -0.15) is 21.5 Å². The number of nitrogens with one attached hydrogen (secondary N) is 2. The van der Waals surface area contributed by atoms with Crippen LogP contribution in [0.4, 0.5) is 0 Å². The summed E-state index contributed by atoms with van der Waals surface area (Å²) >= 11 is 1.68. The van der Waals surface area contributed by atoms with Crippen LogP contribution in [-0.2, 0) is 7.05 Å². The van der Waals surface area contributed by atoms with Crippen LogP contribution in [-0.4, -0.2) is 29.9 Å². The molecule has 0 radical (unpaired) electrons. The lowest BCUT2D eigenvalue weighted by molar-refractivity contribution is 0.768. The summed E-state index contributed by atoms with van der Waals surface area (Å²) < 4.78 is 1.81. The number of rotatable bonds is 3. The molecule has 0 aliphatic carbocycles. The second kappa shape index (κ2) is 6.15. The molecule has 140 valence electrons. The average Bonchev–Trinajstić information content (AvgIpc) is 3.51. The third-order valence-corrected chi connectivity index (χ3v) is 5.88. The maximum absolute atomic E-state index is 4.61. The van der Waals surface area contributed by atoms with Crippen molar-refractivity contribution < 1.29 is 0 Å². The molecule has 6 nitrogen and oxygen atoms in total. The van der Waals surface area contributed by atoms with Crippen LogP contribution in [0.1, 0.15) is 0 Å². The van der Waals surface area contributed by atoms with E-state index in [1.54, 1.807) is 11.3 Å². The maximum atomic E-state index is 4.61. The summed E-state index contributed by atoms with van der Waals surface area (Å²) in [5.74, 6) is 0. The third kappa shape index (κ3) is 2.59. The van der Waals surface area contributed by atoms with Gasteiger partial charge in [-0.3, -0.25) is 14.8 Å². The highest BCUT2D eigenvalue weighted by atomic mass is 32.1. The number of thiophene rings is 1. The highest BCUT2D eigenvalue weighted by Gasteiger charge is 2.15. The second-order valence-electron chi connectivity index (χ2n) is 7.05. The first-order chi connectivity index (χ1) is 14.3. The smallest absolute Gasteiger partial charge is 0.116 e. The number of aryl methyl sites for hydroxylation is 1. The van der Waals surface area contributed by atoms with Gasteiger partial charge in [-0.1, -0.05) is 6.07 Å².